The molecule has 0 radical (unpaired) electrons. The molecular weight excluding hydrogens is 711 g/mol. The van der Waals surface area contributed by atoms with Crippen LogP contribution >= 0.6 is 0 Å². The number of anilines is 2. The van der Waals surface area contributed by atoms with Gasteiger partial charge in [-0.05, 0) is 76.0 Å². The maximum Gasteiger partial charge on any atom is 0.333 e. The van der Waals surface area contributed by atoms with Crippen LogP contribution in [0.2, 0.25) is 0 Å². The number of hydrogen-bond acceptors (Lipinski definition) is 4. The fourth-order valence-electron chi connectivity index (χ4n) is 10.5. The van der Waals surface area contributed by atoms with Crippen LogP contribution in [0.25, 0.3) is 104 Å². The highest BCUT2D eigenvalue weighted by Crippen LogP contribution is 2.49. The van der Waals surface area contributed by atoms with Crippen molar-refractivity contribution in [1.29, 1.82) is 0 Å². The molecule has 58 heavy (non-hydrogen) atoms. The molecule has 6 heteroatoms. The molecule has 0 N–H and O–H groups in total. The molecular formula is C52H33BN2O3. The summed E-state index contributed by atoms with van der Waals surface area (Å²) < 4.78 is 22.6. The van der Waals surface area contributed by atoms with Gasteiger partial charge in [-0.25, -0.2) is 0 Å². The molecule has 2 aliphatic rings. The number of hydrogen-bond donors (Lipinski definition) is 0. The molecule has 272 valence electrons. The topological polar surface area (TPSA) is 47.6 Å². The van der Waals surface area contributed by atoms with E-state index < -0.39 is 0 Å². The lowest BCUT2D eigenvalue weighted by Crippen LogP contribution is -2.60. The van der Waals surface area contributed by atoms with E-state index in [0.29, 0.717) is 0 Å². The molecule has 0 bridgehead atoms. The van der Waals surface area contributed by atoms with Gasteiger partial charge in [0.05, 0.1) is 16.4 Å². The number of aromatic nitrogens is 1. The molecule has 6 heterocycles. The quantitative estimate of drug-likeness (QED) is 0.157. The highest BCUT2D eigenvalue weighted by atomic mass is 16.3. The second kappa shape index (κ2) is 10.4. The zero-order valence-electron chi connectivity index (χ0n) is 32.1. The molecule has 0 saturated carbocycles. The molecule has 0 atom stereocenters. The molecule has 0 saturated heterocycles. The first-order chi connectivity index (χ1) is 28.4. The summed E-state index contributed by atoms with van der Waals surface area (Å²) in [6.45, 7) is 6.67. The fourth-order valence-corrected chi connectivity index (χ4v) is 10.5. The number of fused-ring (bicyclic) bond motifs is 18. The van der Waals surface area contributed by atoms with Crippen molar-refractivity contribution < 1.29 is 13.3 Å². The molecule has 12 aromatic rings. The number of para-hydroxylation sites is 3. The second-order valence-electron chi connectivity index (χ2n) is 17.2. The van der Waals surface area contributed by atoms with E-state index in [1.807, 2.05) is 12.1 Å². The highest BCUT2D eigenvalue weighted by molar-refractivity contribution is 6.94. The minimum atomic E-state index is -0.162. The van der Waals surface area contributed by atoms with E-state index in [-0.39, 0.29) is 12.3 Å². The molecule has 0 fully saturated rings. The summed E-state index contributed by atoms with van der Waals surface area (Å²) in [5, 5.41) is 9.05. The van der Waals surface area contributed by atoms with Gasteiger partial charge in [-0.2, -0.15) is 0 Å². The van der Waals surface area contributed by atoms with Crippen molar-refractivity contribution in [2.75, 3.05) is 4.81 Å². The van der Waals surface area contributed by atoms with Crippen LogP contribution in [0.4, 0.5) is 11.4 Å². The second-order valence-corrected chi connectivity index (χ2v) is 17.2. The van der Waals surface area contributed by atoms with Gasteiger partial charge in [0.15, 0.2) is 0 Å². The zero-order valence-corrected chi connectivity index (χ0v) is 32.1. The number of rotatable bonds is 1. The summed E-state index contributed by atoms with van der Waals surface area (Å²) in [5.41, 5.74) is 17.3. The Hall–Kier alpha value is -7.18. The van der Waals surface area contributed by atoms with E-state index in [0.717, 1.165) is 93.8 Å². The lowest BCUT2D eigenvalue weighted by Gasteiger charge is -2.42. The maximum atomic E-state index is 6.80. The van der Waals surface area contributed by atoms with Gasteiger partial charge in [0.1, 0.15) is 33.5 Å². The van der Waals surface area contributed by atoms with Gasteiger partial charge in [-0.1, -0.05) is 106 Å². The van der Waals surface area contributed by atoms with Crippen molar-refractivity contribution in [3.05, 3.63) is 151 Å². The van der Waals surface area contributed by atoms with Gasteiger partial charge in [0.2, 0.25) is 0 Å². The normalized spacial score (nSPS) is 13.7. The van der Waals surface area contributed by atoms with Crippen molar-refractivity contribution in [1.82, 2.24) is 4.57 Å². The monoisotopic (exact) mass is 744 g/mol. The lowest BCUT2D eigenvalue weighted by molar-refractivity contribution is 0.590. The van der Waals surface area contributed by atoms with E-state index >= 15 is 0 Å². The fraction of sp³-hybridized carbons (Fsp3) is 0.0769. The van der Waals surface area contributed by atoms with Crippen LogP contribution < -0.4 is 15.7 Å². The largest absolute Gasteiger partial charge is 0.456 e. The van der Waals surface area contributed by atoms with Crippen molar-refractivity contribution in [3.63, 3.8) is 0 Å². The average Bonchev–Trinajstić information content (AvgIpc) is 4.00. The average molecular weight is 745 g/mol. The predicted molar refractivity (Wildman–Crippen MR) is 240 cm³/mol. The summed E-state index contributed by atoms with van der Waals surface area (Å²) in [6, 6.07) is 52.9. The molecule has 0 aliphatic carbocycles. The Labute approximate surface area is 332 Å². The maximum absolute atomic E-state index is 6.80. The smallest absolute Gasteiger partial charge is 0.333 e. The number of furan rings is 3. The predicted octanol–water partition coefficient (Wildman–Crippen LogP) is 13.0. The summed E-state index contributed by atoms with van der Waals surface area (Å²) in [5.74, 6) is 0. The number of benzene rings is 8. The van der Waals surface area contributed by atoms with Crippen LogP contribution in [0.5, 0.6) is 0 Å². The molecule has 5 nitrogen and oxygen atoms in total. The third-order valence-corrected chi connectivity index (χ3v) is 13.1. The Kier molecular flexibility index (Phi) is 5.56. The Balaban J connectivity index is 1.18. The minimum absolute atomic E-state index is 0.0197. The van der Waals surface area contributed by atoms with Crippen molar-refractivity contribution in [3.8, 4) is 16.8 Å². The molecule has 4 aromatic heterocycles. The van der Waals surface area contributed by atoms with Crippen LogP contribution in [-0.2, 0) is 5.41 Å². The Morgan fingerprint density at radius 2 is 1.09 bits per heavy atom. The molecule has 14 rings (SSSR count). The van der Waals surface area contributed by atoms with Crippen molar-refractivity contribution >= 4 is 117 Å². The van der Waals surface area contributed by atoms with Gasteiger partial charge < -0.3 is 22.6 Å². The summed E-state index contributed by atoms with van der Waals surface area (Å²) in [6.07, 6.45) is 0. The summed E-state index contributed by atoms with van der Waals surface area (Å²) in [7, 11) is 0. The Bertz CT molecular complexity index is 3800. The lowest BCUT2D eigenvalue weighted by atomic mass is 9.44. The first-order valence-corrected chi connectivity index (χ1v) is 20.1. The van der Waals surface area contributed by atoms with E-state index in [1.165, 1.54) is 38.5 Å². The van der Waals surface area contributed by atoms with Crippen LogP contribution in [0, 0.1) is 0 Å². The van der Waals surface area contributed by atoms with Gasteiger partial charge in [-0.15, -0.1) is 0 Å². The van der Waals surface area contributed by atoms with Crippen molar-refractivity contribution in [2.45, 2.75) is 26.2 Å². The van der Waals surface area contributed by atoms with Crippen LogP contribution in [-0.4, -0.2) is 11.4 Å². The Morgan fingerprint density at radius 3 is 1.78 bits per heavy atom. The first kappa shape index (κ1) is 31.0. The summed E-state index contributed by atoms with van der Waals surface area (Å²) in [4.78, 5) is 2.57. The molecule has 0 unspecified atom stereocenters. The van der Waals surface area contributed by atoms with Crippen molar-refractivity contribution in [2.24, 2.45) is 0 Å². The molecule has 0 amide bonds. The SMILES string of the molecule is CC(C)(C)c1ccc(N2B3c4cc5c(cc4-n4c6ccc7c8ccccc8oc7c6c6ccc(c3c64)-c3cc4c(cc32)oc2ccccc24)oc2ccccc25)cc1. The third-order valence-electron chi connectivity index (χ3n) is 13.1. The van der Waals surface area contributed by atoms with Gasteiger partial charge in [0.25, 0.3) is 0 Å². The number of nitrogens with zero attached hydrogens (tertiary/aromatic N) is 2. The van der Waals surface area contributed by atoms with Crippen LogP contribution in [0.1, 0.15) is 26.3 Å². The van der Waals surface area contributed by atoms with E-state index in [4.69, 9.17) is 13.3 Å². The molecule has 8 aromatic carbocycles. The van der Waals surface area contributed by atoms with Crippen LogP contribution in [0.15, 0.2) is 159 Å². The highest BCUT2D eigenvalue weighted by Gasteiger charge is 2.45. The zero-order chi connectivity index (χ0) is 38.2. The van der Waals surface area contributed by atoms with E-state index in [2.05, 4.69) is 164 Å². The molecule has 2 aliphatic heterocycles. The summed E-state index contributed by atoms with van der Waals surface area (Å²) >= 11 is 0. The van der Waals surface area contributed by atoms with Gasteiger partial charge in [0, 0.05) is 72.5 Å². The minimum Gasteiger partial charge on any atom is -0.456 e. The Morgan fingerprint density at radius 1 is 0.483 bits per heavy atom. The van der Waals surface area contributed by atoms with Crippen LogP contribution in [0.3, 0.4) is 0 Å². The molecule has 0 spiro atoms. The third kappa shape index (κ3) is 3.78. The van der Waals surface area contributed by atoms with Gasteiger partial charge in [-0.3, -0.25) is 0 Å². The first-order valence-electron chi connectivity index (χ1n) is 20.1. The van der Waals surface area contributed by atoms with E-state index in [9.17, 15) is 0 Å². The van der Waals surface area contributed by atoms with E-state index in [1.54, 1.807) is 0 Å². The van der Waals surface area contributed by atoms with Gasteiger partial charge >= 0.3 is 6.85 Å². The standard InChI is InChI=1S/C52H33BN2O3/c1-52(2,3)28-16-18-29(19-17-28)55-41-26-46-37(31-11-5-7-13-43(31)56-46)24-36(41)33-20-21-35-48-40(23-22-34-30-10-4-9-15-45(30)58-51(34)48)54-42-27-47-38(32-12-6-8-14-44(32)57-47)25-39(42)53(55)49(33)50(35)54/h4-27H,1-3H3.